The molecule has 4 aromatic rings. The van der Waals surface area contributed by atoms with Gasteiger partial charge in [-0.25, -0.2) is 0 Å². The Morgan fingerprint density at radius 2 is 1.50 bits per heavy atom. The van der Waals surface area contributed by atoms with Crippen molar-refractivity contribution in [2.75, 3.05) is 12.4 Å². The molecule has 1 aromatic heterocycles. The first-order chi connectivity index (χ1) is 13.7. The van der Waals surface area contributed by atoms with E-state index in [1.807, 2.05) is 60.7 Å². The number of ether oxygens (including phenoxy) is 1. The molecule has 0 atom stereocenters. The lowest BCUT2D eigenvalue weighted by Crippen LogP contribution is -2.13. The van der Waals surface area contributed by atoms with E-state index in [1.165, 1.54) is 4.80 Å². The number of para-hydroxylation sites is 1. The van der Waals surface area contributed by atoms with Crippen LogP contribution in [0, 0.1) is 0 Å². The van der Waals surface area contributed by atoms with E-state index in [0.29, 0.717) is 22.8 Å². The molecular weight excluding hydrogens is 352 g/mol. The van der Waals surface area contributed by atoms with E-state index >= 15 is 0 Å². The Labute approximate surface area is 162 Å². The van der Waals surface area contributed by atoms with Gasteiger partial charge in [0.2, 0.25) is 0 Å². The Morgan fingerprint density at radius 1 is 0.857 bits per heavy atom. The van der Waals surface area contributed by atoms with Crippen LogP contribution in [0.3, 0.4) is 0 Å². The standard InChI is InChI=1S/C22H18N4O2/c1-28-19-14-12-17(13-15-19)22(27)23-21-20(16-8-4-2-5-9-16)24-26(25-21)18-10-6-3-7-11-18/h2-15H,1H3,(H,23,25,27). The SMILES string of the molecule is COc1ccc(C(=O)Nc2nn(-c3ccccc3)nc2-c2ccccc2)cc1. The number of benzene rings is 3. The van der Waals surface area contributed by atoms with Crippen LogP contribution in [0.4, 0.5) is 5.82 Å². The molecule has 1 heterocycles. The molecule has 0 aliphatic rings. The lowest BCUT2D eigenvalue weighted by Gasteiger charge is -2.05. The molecule has 6 nitrogen and oxygen atoms in total. The molecule has 28 heavy (non-hydrogen) atoms. The maximum Gasteiger partial charge on any atom is 0.256 e. The van der Waals surface area contributed by atoms with Crippen LogP contribution >= 0.6 is 0 Å². The highest BCUT2D eigenvalue weighted by Gasteiger charge is 2.17. The fourth-order valence-electron chi connectivity index (χ4n) is 2.78. The summed E-state index contributed by atoms with van der Waals surface area (Å²) >= 11 is 0. The van der Waals surface area contributed by atoms with Gasteiger partial charge < -0.3 is 10.1 Å². The summed E-state index contributed by atoms with van der Waals surface area (Å²) in [5.41, 5.74) is 2.79. The zero-order valence-electron chi connectivity index (χ0n) is 15.2. The number of nitrogens with zero attached hydrogens (tertiary/aromatic N) is 3. The number of carbonyl (C=O) groups is 1. The molecule has 0 aliphatic heterocycles. The molecule has 0 spiro atoms. The smallest absolute Gasteiger partial charge is 0.256 e. The second-order valence-corrected chi connectivity index (χ2v) is 6.07. The van der Waals surface area contributed by atoms with Gasteiger partial charge in [-0.1, -0.05) is 48.5 Å². The number of rotatable bonds is 5. The molecule has 138 valence electrons. The van der Waals surface area contributed by atoms with Gasteiger partial charge in [-0.2, -0.15) is 0 Å². The number of methoxy groups -OCH3 is 1. The third kappa shape index (κ3) is 3.61. The number of hydrogen-bond donors (Lipinski definition) is 1. The third-order valence-corrected chi connectivity index (χ3v) is 4.23. The predicted molar refractivity (Wildman–Crippen MR) is 108 cm³/mol. The number of carbonyl (C=O) groups excluding carboxylic acids is 1. The summed E-state index contributed by atoms with van der Waals surface area (Å²) in [5.74, 6) is 0.826. The Bertz CT molecular complexity index is 1070. The Morgan fingerprint density at radius 3 is 2.14 bits per heavy atom. The number of hydrogen-bond acceptors (Lipinski definition) is 4. The van der Waals surface area contributed by atoms with Gasteiger partial charge in [0, 0.05) is 11.1 Å². The molecule has 4 rings (SSSR count). The van der Waals surface area contributed by atoms with E-state index < -0.39 is 0 Å². The molecule has 1 amide bonds. The summed E-state index contributed by atoms with van der Waals surface area (Å²) in [6, 6.07) is 26.1. The quantitative estimate of drug-likeness (QED) is 0.572. The predicted octanol–water partition coefficient (Wildman–Crippen LogP) is 4.20. The average molecular weight is 370 g/mol. The van der Waals surface area contributed by atoms with Gasteiger partial charge in [-0.3, -0.25) is 4.79 Å². The van der Waals surface area contributed by atoms with Crippen molar-refractivity contribution in [2.24, 2.45) is 0 Å². The Hall–Kier alpha value is -3.93. The second-order valence-electron chi connectivity index (χ2n) is 6.07. The van der Waals surface area contributed by atoms with E-state index in [0.717, 1.165) is 11.3 Å². The van der Waals surface area contributed by atoms with Crippen LogP contribution in [-0.2, 0) is 0 Å². The number of nitrogens with one attached hydrogen (secondary N) is 1. The summed E-state index contributed by atoms with van der Waals surface area (Å²) in [7, 11) is 1.59. The minimum Gasteiger partial charge on any atom is -0.497 e. The van der Waals surface area contributed by atoms with Crippen LogP contribution in [0.5, 0.6) is 5.75 Å². The maximum atomic E-state index is 12.7. The van der Waals surface area contributed by atoms with Crippen LogP contribution in [0.2, 0.25) is 0 Å². The molecule has 0 unspecified atom stereocenters. The van der Waals surface area contributed by atoms with Gasteiger partial charge in [0.15, 0.2) is 5.82 Å². The van der Waals surface area contributed by atoms with Gasteiger partial charge in [-0.05, 0) is 36.4 Å². The van der Waals surface area contributed by atoms with Gasteiger partial charge in [0.1, 0.15) is 11.4 Å². The van der Waals surface area contributed by atoms with E-state index in [9.17, 15) is 4.79 Å². The lowest BCUT2D eigenvalue weighted by molar-refractivity contribution is 0.102. The van der Waals surface area contributed by atoms with Gasteiger partial charge in [0.25, 0.3) is 5.91 Å². The Kier molecular flexibility index (Phi) is 4.84. The van der Waals surface area contributed by atoms with Gasteiger partial charge >= 0.3 is 0 Å². The first-order valence-electron chi connectivity index (χ1n) is 8.78. The fraction of sp³-hybridized carbons (Fsp3) is 0.0455. The zero-order chi connectivity index (χ0) is 19.3. The van der Waals surface area contributed by atoms with Crippen molar-refractivity contribution < 1.29 is 9.53 Å². The lowest BCUT2D eigenvalue weighted by atomic mass is 10.1. The van der Waals surface area contributed by atoms with Crippen molar-refractivity contribution in [3.63, 3.8) is 0 Å². The van der Waals surface area contributed by atoms with E-state index in [1.54, 1.807) is 31.4 Å². The average Bonchev–Trinajstić information content (AvgIpc) is 3.19. The minimum atomic E-state index is -0.264. The topological polar surface area (TPSA) is 69.0 Å². The largest absolute Gasteiger partial charge is 0.497 e. The molecule has 1 N–H and O–H groups in total. The van der Waals surface area contributed by atoms with E-state index in [-0.39, 0.29) is 5.91 Å². The normalized spacial score (nSPS) is 10.5. The number of aromatic nitrogens is 3. The Balaban J connectivity index is 1.70. The highest BCUT2D eigenvalue weighted by atomic mass is 16.5. The first kappa shape index (κ1) is 17.5. The summed E-state index contributed by atoms with van der Waals surface area (Å²) in [6.45, 7) is 0. The van der Waals surface area contributed by atoms with Gasteiger partial charge in [-0.15, -0.1) is 15.0 Å². The first-order valence-corrected chi connectivity index (χ1v) is 8.78. The molecule has 0 radical (unpaired) electrons. The fourth-order valence-corrected chi connectivity index (χ4v) is 2.78. The van der Waals surface area contributed by atoms with Gasteiger partial charge in [0.05, 0.1) is 12.8 Å². The molecule has 0 saturated carbocycles. The van der Waals surface area contributed by atoms with Crippen LogP contribution < -0.4 is 10.1 Å². The summed E-state index contributed by atoms with van der Waals surface area (Å²) in [6.07, 6.45) is 0. The van der Waals surface area contributed by atoms with Crippen molar-refractivity contribution in [1.82, 2.24) is 15.0 Å². The minimum absolute atomic E-state index is 0.264. The van der Waals surface area contributed by atoms with Crippen LogP contribution in [0.15, 0.2) is 84.9 Å². The summed E-state index contributed by atoms with van der Waals surface area (Å²) in [5, 5.41) is 12.0. The molecule has 0 saturated heterocycles. The zero-order valence-corrected chi connectivity index (χ0v) is 15.2. The highest BCUT2D eigenvalue weighted by molar-refractivity contribution is 6.05. The van der Waals surface area contributed by atoms with Crippen LogP contribution in [-0.4, -0.2) is 28.0 Å². The van der Waals surface area contributed by atoms with Crippen molar-refractivity contribution in [2.45, 2.75) is 0 Å². The maximum absolute atomic E-state index is 12.7. The van der Waals surface area contributed by atoms with E-state index in [2.05, 4.69) is 15.5 Å². The van der Waals surface area contributed by atoms with Crippen LogP contribution in [0.25, 0.3) is 16.9 Å². The highest BCUT2D eigenvalue weighted by Crippen LogP contribution is 2.26. The van der Waals surface area contributed by atoms with Crippen molar-refractivity contribution in [3.8, 4) is 22.7 Å². The molecule has 6 heteroatoms. The van der Waals surface area contributed by atoms with E-state index in [4.69, 9.17) is 4.74 Å². The third-order valence-electron chi connectivity index (χ3n) is 4.23. The molecule has 0 fully saturated rings. The van der Waals surface area contributed by atoms with Crippen molar-refractivity contribution in [1.29, 1.82) is 0 Å². The second kappa shape index (κ2) is 7.75. The molecule has 0 bridgehead atoms. The summed E-state index contributed by atoms with van der Waals surface area (Å²) in [4.78, 5) is 14.2. The number of amides is 1. The summed E-state index contributed by atoms with van der Waals surface area (Å²) < 4.78 is 5.14. The number of anilines is 1. The molecule has 0 aliphatic carbocycles. The molecule has 3 aromatic carbocycles. The van der Waals surface area contributed by atoms with Crippen LogP contribution in [0.1, 0.15) is 10.4 Å². The van der Waals surface area contributed by atoms with Crippen molar-refractivity contribution in [3.05, 3.63) is 90.5 Å². The molecular formula is C22H18N4O2. The van der Waals surface area contributed by atoms with Crippen molar-refractivity contribution >= 4 is 11.7 Å². The monoisotopic (exact) mass is 370 g/mol.